The predicted molar refractivity (Wildman–Crippen MR) is 111 cm³/mol. The van der Waals surface area contributed by atoms with Gasteiger partial charge in [0.15, 0.2) is 0 Å². The average Bonchev–Trinajstić information content (AvgIpc) is 3.46. The van der Waals surface area contributed by atoms with E-state index in [2.05, 4.69) is 15.0 Å². The number of anilines is 1. The van der Waals surface area contributed by atoms with Crippen LogP contribution in [0.1, 0.15) is 42.1 Å². The Bertz CT molecular complexity index is 1100. The Hall–Kier alpha value is -3.03. The van der Waals surface area contributed by atoms with Gasteiger partial charge in [-0.25, -0.2) is 4.79 Å². The van der Waals surface area contributed by atoms with Crippen molar-refractivity contribution in [3.8, 4) is 0 Å². The number of hydrogen-bond donors (Lipinski definition) is 1. The Labute approximate surface area is 168 Å². The predicted octanol–water partition coefficient (Wildman–Crippen LogP) is 2.14. The summed E-state index contributed by atoms with van der Waals surface area (Å²) in [5.41, 5.74) is 3.31. The molecule has 0 radical (unpaired) electrons. The number of carbonyl (C=O) groups is 1. The van der Waals surface area contributed by atoms with E-state index in [9.17, 15) is 9.59 Å². The molecular formula is C21H26N6O2. The Kier molecular flexibility index (Phi) is 4.41. The lowest BCUT2D eigenvalue weighted by atomic mass is 10.1. The summed E-state index contributed by atoms with van der Waals surface area (Å²) >= 11 is 0. The van der Waals surface area contributed by atoms with E-state index >= 15 is 0 Å². The number of piperazine rings is 1. The quantitative estimate of drug-likeness (QED) is 0.738. The van der Waals surface area contributed by atoms with E-state index in [1.807, 2.05) is 47.1 Å². The fourth-order valence-corrected chi connectivity index (χ4v) is 4.71. The second kappa shape index (κ2) is 7.09. The summed E-state index contributed by atoms with van der Waals surface area (Å²) in [6, 6.07) is 5.89. The van der Waals surface area contributed by atoms with Crippen LogP contribution in [0.25, 0.3) is 11.0 Å². The summed E-state index contributed by atoms with van der Waals surface area (Å²) < 4.78 is 3.67. The van der Waals surface area contributed by atoms with E-state index in [0.29, 0.717) is 18.7 Å². The zero-order valence-corrected chi connectivity index (χ0v) is 16.7. The van der Waals surface area contributed by atoms with E-state index in [-0.39, 0.29) is 17.6 Å². The molecule has 5 rings (SSSR count). The zero-order valence-electron chi connectivity index (χ0n) is 16.7. The fourth-order valence-electron chi connectivity index (χ4n) is 4.71. The lowest BCUT2D eigenvalue weighted by Gasteiger charge is -2.35. The highest BCUT2D eigenvalue weighted by Crippen LogP contribution is 2.31. The molecule has 2 fully saturated rings. The van der Waals surface area contributed by atoms with Gasteiger partial charge in [-0.15, -0.1) is 0 Å². The Morgan fingerprint density at radius 2 is 1.90 bits per heavy atom. The SMILES string of the molecule is Cn1cc(N2CCN(C(=O)c3ccc4c(c3)[nH]c(=O)n4C3CCCC3)CC2)cn1. The third kappa shape index (κ3) is 3.22. The van der Waals surface area contributed by atoms with Gasteiger partial charge in [0.05, 0.1) is 22.9 Å². The van der Waals surface area contributed by atoms with Crippen LogP contribution in [-0.4, -0.2) is 56.3 Å². The molecule has 0 unspecified atom stereocenters. The molecule has 3 aromatic rings. The Balaban J connectivity index is 1.33. The highest BCUT2D eigenvalue weighted by Gasteiger charge is 2.25. The third-order valence-corrected chi connectivity index (χ3v) is 6.28. The molecule has 1 amide bonds. The molecular weight excluding hydrogens is 368 g/mol. The molecule has 8 nitrogen and oxygen atoms in total. The van der Waals surface area contributed by atoms with Gasteiger partial charge in [-0.05, 0) is 31.0 Å². The van der Waals surface area contributed by atoms with E-state index in [1.54, 1.807) is 4.68 Å². The molecule has 2 aromatic heterocycles. The maximum atomic E-state index is 13.0. The van der Waals surface area contributed by atoms with Crippen LogP contribution < -0.4 is 10.6 Å². The number of H-pyrrole nitrogens is 1. The molecule has 2 aliphatic rings. The number of aryl methyl sites for hydroxylation is 1. The van der Waals surface area contributed by atoms with Crippen molar-refractivity contribution in [1.29, 1.82) is 0 Å². The first-order valence-electron chi connectivity index (χ1n) is 10.4. The maximum absolute atomic E-state index is 13.0. The molecule has 1 aromatic carbocycles. The van der Waals surface area contributed by atoms with Crippen LogP contribution in [0.5, 0.6) is 0 Å². The minimum atomic E-state index is -0.0680. The Morgan fingerprint density at radius 3 is 2.59 bits per heavy atom. The lowest BCUT2D eigenvalue weighted by Crippen LogP contribution is -2.48. The van der Waals surface area contributed by atoms with Crippen LogP contribution in [0, 0.1) is 0 Å². The van der Waals surface area contributed by atoms with Gasteiger partial charge >= 0.3 is 5.69 Å². The number of amides is 1. The number of aromatic nitrogens is 4. The minimum Gasteiger partial charge on any atom is -0.365 e. The molecule has 1 aliphatic carbocycles. The fraction of sp³-hybridized carbons (Fsp3) is 0.476. The second-order valence-electron chi connectivity index (χ2n) is 8.12. The molecule has 1 saturated carbocycles. The summed E-state index contributed by atoms with van der Waals surface area (Å²) in [5, 5.41) is 4.22. The van der Waals surface area contributed by atoms with Crippen LogP contribution in [0.3, 0.4) is 0 Å². The van der Waals surface area contributed by atoms with Crippen molar-refractivity contribution in [2.75, 3.05) is 31.1 Å². The van der Waals surface area contributed by atoms with Crippen molar-refractivity contribution in [3.63, 3.8) is 0 Å². The summed E-state index contributed by atoms with van der Waals surface area (Å²) in [7, 11) is 1.91. The van der Waals surface area contributed by atoms with Crippen molar-refractivity contribution in [2.24, 2.45) is 7.05 Å². The summed E-state index contributed by atoms with van der Waals surface area (Å²) in [6.45, 7) is 2.92. The second-order valence-corrected chi connectivity index (χ2v) is 8.12. The number of nitrogens with one attached hydrogen (secondary N) is 1. The van der Waals surface area contributed by atoms with Gasteiger partial charge in [0.2, 0.25) is 0 Å². The first-order valence-corrected chi connectivity index (χ1v) is 10.4. The highest BCUT2D eigenvalue weighted by atomic mass is 16.2. The monoisotopic (exact) mass is 394 g/mol. The zero-order chi connectivity index (χ0) is 20.0. The van der Waals surface area contributed by atoms with Crippen LogP contribution in [-0.2, 0) is 7.05 Å². The normalized spacial score (nSPS) is 18.1. The summed E-state index contributed by atoms with van der Waals surface area (Å²) in [4.78, 5) is 32.6. The Morgan fingerprint density at radius 1 is 1.14 bits per heavy atom. The van der Waals surface area contributed by atoms with Crippen molar-refractivity contribution >= 4 is 22.6 Å². The number of rotatable bonds is 3. The highest BCUT2D eigenvalue weighted by molar-refractivity contribution is 5.97. The number of nitrogens with zero attached hydrogens (tertiary/aromatic N) is 5. The molecule has 0 atom stereocenters. The first-order chi connectivity index (χ1) is 14.1. The molecule has 29 heavy (non-hydrogen) atoms. The van der Waals surface area contributed by atoms with Gasteiger partial charge in [-0.1, -0.05) is 12.8 Å². The molecule has 3 heterocycles. The maximum Gasteiger partial charge on any atom is 0.326 e. The molecule has 1 saturated heterocycles. The molecule has 0 bridgehead atoms. The van der Waals surface area contributed by atoms with Gasteiger partial charge in [-0.3, -0.25) is 14.0 Å². The molecule has 8 heteroatoms. The van der Waals surface area contributed by atoms with Gasteiger partial charge in [0.25, 0.3) is 5.91 Å². The van der Waals surface area contributed by atoms with Crippen molar-refractivity contribution in [3.05, 3.63) is 46.6 Å². The number of carbonyl (C=O) groups excluding carboxylic acids is 1. The largest absolute Gasteiger partial charge is 0.365 e. The van der Waals surface area contributed by atoms with Crippen molar-refractivity contribution < 1.29 is 4.79 Å². The molecule has 1 aliphatic heterocycles. The number of hydrogen-bond acceptors (Lipinski definition) is 4. The van der Waals surface area contributed by atoms with E-state index < -0.39 is 0 Å². The number of imidazole rings is 1. The van der Waals surface area contributed by atoms with Gasteiger partial charge < -0.3 is 14.8 Å². The minimum absolute atomic E-state index is 0.0206. The topological polar surface area (TPSA) is 79.2 Å². The molecule has 0 spiro atoms. The first kappa shape index (κ1) is 18.0. The number of aromatic amines is 1. The number of fused-ring (bicyclic) bond motifs is 1. The van der Waals surface area contributed by atoms with Crippen LogP contribution in [0.4, 0.5) is 5.69 Å². The lowest BCUT2D eigenvalue weighted by molar-refractivity contribution is 0.0747. The van der Waals surface area contributed by atoms with Crippen LogP contribution in [0.15, 0.2) is 35.4 Å². The smallest absolute Gasteiger partial charge is 0.326 e. The van der Waals surface area contributed by atoms with E-state index in [4.69, 9.17) is 0 Å². The van der Waals surface area contributed by atoms with E-state index in [1.165, 1.54) is 12.8 Å². The van der Waals surface area contributed by atoms with Gasteiger partial charge in [0.1, 0.15) is 0 Å². The molecule has 1 N–H and O–H groups in total. The van der Waals surface area contributed by atoms with Crippen LogP contribution in [0.2, 0.25) is 0 Å². The van der Waals surface area contributed by atoms with E-state index in [0.717, 1.165) is 42.7 Å². The third-order valence-electron chi connectivity index (χ3n) is 6.28. The van der Waals surface area contributed by atoms with Gasteiger partial charge in [0, 0.05) is 51.0 Å². The van der Waals surface area contributed by atoms with Crippen molar-refractivity contribution in [1.82, 2.24) is 24.2 Å². The van der Waals surface area contributed by atoms with Gasteiger partial charge in [-0.2, -0.15) is 5.10 Å². The summed E-state index contributed by atoms with van der Waals surface area (Å²) in [5.74, 6) is 0.0206. The summed E-state index contributed by atoms with van der Waals surface area (Å²) in [6.07, 6.45) is 8.30. The van der Waals surface area contributed by atoms with Crippen molar-refractivity contribution in [2.45, 2.75) is 31.7 Å². The standard InChI is InChI=1S/C21H26N6O2/c1-24-14-17(13-22-24)25-8-10-26(11-9-25)20(28)15-6-7-19-18(12-15)23-21(29)27(19)16-4-2-3-5-16/h6-7,12-14,16H,2-5,8-11H2,1H3,(H,23,29). The van der Waals surface area contributed by atoms with Crippen LogP contribution >= 0.6 is 0 Å². The number of benzene rings is 1. The average molecular weight is 394 g/mol. The molecule has 152 valence electrons.